The van der Waals surface area contributed by atoms with Crippen molar-refractivity contribution >= 4 is 34.7 Å². The van der Waals surface area contributed by atoms with Crippen molar-refractivity contribution in [3.8, 4) is 0 Å². The molecular weight excluding hydrogens is 394 g/mol. The second kappa shape index (κ2) is 8.10. The lowest BCUT2D eigenvalue weighted by molar-refractivity contribution is -0.136. The number of Topliss-reactive ketones (excluding diaryl/α,β-unsaturated/α-hetero) is 2. The summed E-state index contributed by atoms with van der Waals surface area (Å²) in [6, 6.07) is 7.98. The van der Waals surface area contributed by atoms with Crippen LogP contribution < -0.4 is 0 Å². The van der Waals surface area contributed by atoms with Crippen molar-refractivity contribution in [2.24, 2.45) is 10.9 Å². The highest BCUT2D eigenvalue weighted by atomic mass is 32.2. The van der Waals surface area contributed by atoms with E-state index in [1.165, 1.54) is 0 Å². The van der Waals surface area contributed by atoms with Crippen LogP contribution in [0, 0.1) is 5.92 Å². The first-order valence-electron chi connectivity index (χ1n) is 10.6. The van der Waals surface area contributed by atoms with E-state index in [4.69, 9.17) is 4.99 Å². The molecule has 5 nitrogen and oxygen atoms in total. The average Bonchev–Trinajstić information content (AvgIpc) is 2.73. The summed E-state index contributed by atoms with van der Waals surface area (Å²) >= 11 is 1.56. The summed E-state index contributed by atoms with van der Waals surface area (Å²) in [5.74, 6) is -0.947. The molecule has 5 rings (SSSR count). The molecule has 1 atom stereocenters. The van der Waals surface area contributed by atoms with E-state index in [2.05, 4.69) is 16.8 Å². The van der Waals surface area contributed by atoms with Gasteiger partial charge in [-0.1, -0.05) is 30.0 Å². The van der Waals surface area contributed by atoms with Gasteiger partial charge in [-0.3, -0.25) is 9.59 Å². The van der Waals surface area contributed by atoms with Gasteiger partial charge in [-0.25, -0.2) is 4.99 Å². The zero-order chi connectivity index (χ0) is 20.7. The van der Waals surface area contributed by atoms with Crippen LogP contribution in [0.1, 0.15) is 12.8 Å². The number of carbonyl (C=O) groups excluding carboxylic acids is 2. The normalized spacial score (nSPS) is 26.6. The SMILES string of the molecule is CN1CCN(CCCC2C=C3Sc4ccccc4N=C4C=C/C4=C/3C(=O)C2=O)CC1. The average molecular weight is 420 g/mol. The smallest absolute Gasteiger partial charge is 0.231 e. The summed E-state index contributed by atoms with van der Waals surface area (Å²) in [6.45, 7) is 5.32. The zero-order valence-corrected chi connectivity index (χ0v) is 18.0. The maximum Gasteiger partial charge on any atom is 0.231 e. The van der Waals surface area contributed by atoms with Crippen LogP contribution >= 0.6 is 11.8 Å². The molecule has 0 aromatic heterocycles. The van der Waals surface area contributed by atoms with Crippen molar-refractivity contribution in [1.82, 2.24) is 9.80 Å². The van der Waals surface area contributed by atoms with Gasteiger partial charge in [-0.15, -0.1) is 0 Å². The van der Waals surface area contributed by atoms with Crippen molar-refractivity contribution in [2.75, 3.05) is 39.8 Å². The number of fused-ring (bicyclic) bond motifs is 3. The number of piperazine rings is 1. The Hall–Kier alpha value is -2.28. The van der Waals surface area contributed by atoms with Crippen LogP contribution in [0.15, 0.2) is 68.4 Å². The molecular formula is C24H25N3O2S. The number of ketones is 2. The van der Waals surface area contributed by atoms with E-state index in [9.17, 15) is 9.59 Å². The predicted molar refractivity (Wildman–Crippen MR) is 120 cm³/mol. The monoisotopic (exact) mass is 419 g/mol. The Labute approximate surface area is 181 Å². The first kappa shape index (κ1) is 19.7. The van der Waals surface area contributed by atoms with Gasteiger partial charge in [0.1, 0.15) is 0 Å². The molecule has 30 heavy (non-hydrogen) atoms. The lowest BCUT2D eigenvalue weighted by Gasteiger charge is -2.32. The molecule has 2 heterocycles. The molecule has 0 spiro atoms. The number of para-hydroxylation sites is 1. The highest BCUT2D eigenvalue weighted by Gasteiger charge is 2.37. The largest absolute Gasteiger partial charge is 0.304 e. The fourth-order valence-electron chi connectivity index (χ4n) is 4.34. The predicted octanol–water partition coefficient (Wildman–Crippen LogP) is 3.41. The molecule has 0 amide bonds. The van der Waals surface area contributed by atoms with Gasteiger partial charge >= 0.3 is 0 Å². The molecule has 1 aromatic carbocycles. The Morgan fingerprint density at radius 1 is 1.10 bits per heavy atom. The lowest BCUT2D eigenvalue weighted by Crippen LogP contribution is -2.44. The third kappa shape index (κ3) is 3.64. The van der Waals surface area contributed by atoms with Crippen molar-refractivity contribution in [3.05, 3.63) is 58.5 Å². The highest BCUT2D eigenvalue weighted by molar-refractivity contribution is 8.03. The number of benzene rings is 1. The van der Waals surface area contributed by atoms with Gasteiger partial charge in [-0.2, -0.15) is 0 Å². The lowest BCUT2D eigenvalue weighted by atomic mass is 9.81. The van der Waals surface area contributed by atoms with Crippen molar-refractivity contribution in [1.29, 1.82) is 0 Å². The van der Waals surface area contributed by atoms with Crippen LogP contribution in [0.25, 0.3) is 0 Å². The van der Waals surface area contributed by atoms with E-state index in [1.54, 1.807) is 11.8 Å². The fourth-order valence-corrected chi connectivity index (χ4v) is 5.48. The Kier molecular flexibility index (Phi) is 5.31. The number of allylic oxidation sites excluding steroid dienone is 5. The van der Waals surface area contributed by atoms with E-state index in [0.29, 0.717) is 5.57 Å². The highest BCUT2D eigenvalue weighted by Crippen LogP contribution is 2.45. The van der Waals surface area contributed by atoms with Gasteiger partial charge in [0, 0.05) is 53.0 Å². The number of aliphatic imine (C=N–C) groups is 1. The Morgan fingerprint density at radius 2 is 1.90 bits per heavy atom. The van der Waals surface area contributed by atoms with Crippen LogP contribution in [0.3, 0.4) is 0 Å². The molecule has 1 aromatic rings. The molecule has 0 N–H and O–H groups in total. The number of hydrogen-bond acceptors (Lipinski definition) is 6. The third-order valence-electron chi connectivity index (χ3n) is 6.25. The van der Waals surface area contributed by atoms with Gasteiger partial charge in [0.2, 0.25) is 11.6 Å². The van der Waals surface area contributed by atoms with E-state index in [0.717, 1.165) is 72.3 Å². The summed E-state index contributed by atoms with van der Waals surface area (Å²) in [7, 11) is 2.15. The summed E-state index contributed by atoms with van der Waals surface area (Å²) in [5.41, 5.74) is 3.04. The number of nitrogens with zero attached hydrogens (tertiary/aromatic N) is 3. The van der Waals surface area contributed by atoms with Crippen LogP contribution in [-0.4, -0.2) is 66.8 Å². The molecule has 2 aliphatic heterocycles. The number of rotatable bonds is 4. The van der Waals surface area contributed by atoms with Crippen molar-refractivity contribution in [3.63, 3.8) is 0 Å². The molecule has 1 fully saturated rings. The van der Waals surface area contributed by atoms with Crippen LogP contribution in [0.5, 0.6) is 0 Å². The second-order valence-corrected chi connectivity index (χ2v) is 9.39. The van der Waals surface area contributed by atoms with E-state index in [1.807, 2.05) is 42.5 Å². The number of carbonyl (C=O) groups is 2. The molecule has 4 aliphatic rings. The third-order valence-corrected chi connectivity index (χ3v) is 7.38. The molecule has 2 aliphatic carbocycles. The quantitative estimate of drug-likeness (QED) is 0.700. The van der Waals surface area contributed by atoms with E-state index in [-0.39, 0.29) is 17.5 Å². The minimum Gasteiger partial charge on any atom is -0.304 e. The minimum atomic E-state index is -0.351. The van der Waals surface area contributed by atoms with Gasteiger partial charge in [0.25, 0.3) is 0 Å². The van der Waals surface area contributed by atoms with Crippen molar-refractivity contribution < 1.29 is 9.59 Å². The first-order valence-corrected chi connectivity index (χ1v) is 11.4. The van der Waals surface area contributed by atoms with Crippen LogP contribution in [0.2, 0.25) is 0 Å². The number of thioether (sulfide) groups is 1. The minimum absolute atomic E-state index is 0.270. The molecule has 0 bridgehead atoms. The zero-order valence-electron chi connectivity index (χ0n) is 17.1. The molecule has 6 heteroatoms. The van der Waals surface area contributed by atoms with Crippen molar-refractivity contribution in [2.45, 2.75) is 17.7 Å². The van der Waals surface area contributed by atoms with Gasteiger partial charge in [0.15, 0.2) is 0 Å². The van der Waals surface area contributed by atoms with E-state index < -0.39 is 0 Å². The van der Waals surface area contributed by atoms with Gasteiger partial charge < -0.3 is 9.80 Å². The Morgan fingerprint density at radius 3 is 2.67 bits per heavy atom. The standard InChI is InChI=1S/C24H25N3O2S/c1-26-11-13-27(14-12-26)10-4-5-16-15-21-22(24(29)23(16)28)17-8-9-18(17)25-19-6-2-3-7-20(19)30-21/h2-3,6-9,15-16H,4-5,10-14H2,1H3/b22-17+,25-18?. The Bertz CT molecular complexity index is 1030. The van der Waals surface area contributed by atoms with E-state index >= 15 is 0 Å². The van der Waals surface area contributed by atoms with Gasteiger partial charge in [0.05, 0.1) is 11.4 Å². The summed E-state index contributed by atoms with van der Waals surface area (Å²) in [5, 5.41) is 0. The first-order chi connectivity index (χ1) is 14.6. The molecule has 1 unspecified atom stereocenters. The van der Waals surface area contributed by atoms with Gasteiger partial charge in [-0.05, 0) is 50.7 Å². The fraction of sp³-hybridized carbons (Fsp3) is 0.375. The molecule has 154 valence electrons. The summed E-state index contributed by atoms with van der Waals surface area (Å²) in [6.07, 6.45) is 7.49. The molecule has 0 radical (unpaired) electrons. The van der Waals surface area contributed by atoms with Crippen LogP contribution in [0.4, 0.5) is 5.69 Å². The summed E-state index contributed by atoms with van der Waals surface area (Å²) in [4.78, 5) is 37.4. The second-order valence-electron chi connectivity index (χ2n) is 8.31. The van der Waals surface area contributed by atoms with Crippen LogP contribution in [-0.2, 0) is 9.59 Å². The molecule has 1 saturated heterocycles. The maximum absolute atomic E-state index is 13.1. The molecule has 0 saturated carbocycles. The summed E-state index contributed by atoms with van der Waals surface area (Å²) < 4.78 is 0. The topological polar surface area (TPSA) is 53.0 Å². The maximum atomic E-state index is 13.1. The Balaban J connectivity index is 1.38. The number of likely N-dealkylation sites (N-methyl/N-ethyl adjacent to an activating group) is 1. The number of hydrogen-bond donors (Lipinski definition) is 0.